The van der Waals surface area contributed by atoms with E-state index < -0.39 is 0 Å². The van der Waals surface area contributed by atoms with Crippen molar-refractivity contribution < 1.29 is 9.53 Å². The molecule has 36 heavy (non-hydrogen) atoms. The van der Waals surface area contributed by atoms with Gasteiger partial charge in [0, 0.05) is 67.0 Å². The maximum Gasteiger partial charge on any atom is 0.253 e. The molecule has 8 nitrogen and oxygen atoms in total. The van der Waals surface area contributed by atoms with Gasteiger partial charge in [-0.15, -0.1) is 0 Å². The molecule has 2 aromatic heterocycles. The lowest BCUT2D eigenvalue weighted by molar-refractivity contribution is 0.0336. The van der Waals surface area contributed by atoms with Crippen molar-refractivity contribution in [1.29, 1.82) is 0 Å². The number of H-pyrrole nitrogens is 1. The Balaban J connectivity index is 1.56. The monoisotopic (exact) mass is 489 g/mol. The Morgan fingerprint density at radius 3 is 2.56 bits per heavy atom. The Kier molecular flexibility index (Phi) is 8.18. The molecule has 190 valence electrons. The molecular formula is C28H35N5O3. The van der Waals surface area contributed by atoms with Crippen LogP contribution in [-0.2, 0) is 17.8 Å². The summed E-state index contributed by atoms with van der Waals surface area (Å²) in [5, 5.41) is 6.31. The molecule has 1 amide bonds. The van der Waals surface area contributed by atoms with Gasteiger partial charge in [0.2, 0.25) is 0 Å². The Labute approximate surface area is 212 Å². The number of aryl methyl sites for hydroxylation is 2. The van der Waals surface area contributed by atoms with Crippen molar-refractivity contribution in [1.82, 2.24) is 20.2 Å². The molecule has 1 saturated heterocycles. The SMILES string of the molecule is CCNc1cc(-c2ccc(CN3CCOCC3)nc2)cc(C(=O)NCc2c(C)cc(C)[nH]c2=O)c1C. The number of carbonyl (C=O) groups excluding carboxylic acids is 1. The molecule has 0 saturated carbocycles. The molecular weight excluding hydrogens is 454 g/mol. The smallest absolute Gasteiger partial charge is 0.253 e. The average Bonchev–Trinajstić information content (AvgIpc) is 2.86. The number of hydrogen-bond acceptors (Lipinski definition) is 6. The number of carbonyl (C=O) groups is 1. The molecule has 1 aromatic carbocycles. The number of anilines is 1. The molecule has 8 heteroatoms. The lowest BCUT2D eigenvalue weighted by atomic mass is 9.97. The van der Waals surface area contributed by atoms with Crippen molar-refractivity contribution in [3.05, 3.63) is 80.5 Å². The van der Waals surface area contributed by atoms with Crippen LogP contribution >= 0.6 is 0 Å². The highest BCUT2D eigenvalue weighted by Gasteiger charge is 2.17. The van der Waals surface area contributed by atoms with Crippen molar-refractivity contribution >= 4 is 11.6 Å². The summed E-state index contributed by atoms with van der Waals surface area (Å²) in [6, 6.07) is 9.97. The molecule has 3 aromatic rings. The average molecular weight is 490 g/mol. The molecule has 0 atom stereocenters. The fraction of sp³-hybridized carbons (Fsp3) is 0.393. The van der Waals surface area contributed by atoms with Crippen molar-refractivity contribution in [3.63, 3.8) is 0 Å². The quantitative estimate of drug-likeness (QED) is 0.448. The van der Waals surface area contributed by atoms with Gasteiger partial charge in [0.15, 0.2) is 0 Å². The maximum absolute atomic E-state index is 13.3. The van der Waals surface area contributed by atoms with Gasteiger partial charge in [-0.05, 0) is 68.7 Å². The summed E-state index contributed by atoms with van der Waals surface area (Å²) in [6.07, 6.45) is 1.87. The van der Waals surface area contributed by atoms with Crippen LogP contribution in [0.4, 0.5) is 5.69 Å². The zero-order valence-electron chi connectivity index (χ0n) is 21.5. The van der Waals surface area contributed by atoms with Crippen molar-refractivity contribution in [2.24, 2.45) is 0 Å². The van der Waals surface area contributed by atoms with Crippen LogP contribution in [0.2, 0.25) is 0 Å². The summed E-state index contributed by atoms with van der Waals surface area (Å²) < 4.78 is 5.43. The summed E-state index contributed by atoms with van der Waals surface area (Å²) in [6.45, 7) is 12.7. The summed E-state index contributed by atoms with van der Waals surface area (Å²) in [4.78, 5) is 35.5. The standard InChI is InChI=1S/C28H35N5O3/c1-5-29-26-14-22(21-6-7-23(30-15-21)17-33-8-10-36-11-9-33)13-24(20(26)4)27(34)31-16-25-18(2)12-19(3)32-28(25)35/h6-7,12-15,29H,5,8-11,16-17H2,1-4H3,(H,31,34)(H,32,35). The van der Waals surface area contributed by atoms with E-state index in [1.165, 1.54) is 0 Å². The number of pyridine rings is 2. The van der Waals surface area contributed by atoms with Crippen LogP contribution in [0, 0.1) is 20.8 Å². The van der Waals surface area contributed by atoms with Gasteiger partial charge in [-0.2, -0.15) is 0 Å². The van der Waals surface area contributed by atoms with Crippen molar-refractivity contribution in [2.45, 2.75) is 40.8 Å². The molecule has 1 aliphatic rings. The number of ether oxygens (including phenoxy) is 1. The molecule has 0 aliphatic carbocycles. The molecule has 1 aliphatic heterocycles. The van der Waals surface area contributed by atoms with E-state index in [1.807, 2.05) is 52.1 Å². The third-order valence-corrected chi connectivity index (χ3v) is 6.59. The Morgan fingerprint density at radius 1 is 1.11 bits per heavy atom. The summed E-state index contributed by atoms with van der Waals surface area (Å²) >= 11 is 0. The molecule has 3 heterocycles. The highest BCUT2D eigenvalue weighted by molar-refractivity contribution is 5.98. The first-order valence-electron chi connectivity index (χ1n) is 12.5. The number of hydrogen-bond donors (Lipinski definition) is 3. The normalized spacial score (nSPS) is 14.0. The second kappa shape index (κ2) is 11.5. The Bertz CT molecular complexity index is 1280. The predicted molar refractivity (Wildman–Crippen MR) is 142 cm³/mol. The zero-order valence-corrected chi connectivity index (χ0v) is 21.5. The molecule has 0 radical (unpaired) electrons. The van der Waals surface area contributed by atoms with E-state index in [-0.39, 0.29) is 18.0 Å². The minimum atomic E-state index is -0.218. The number of nitrogens with one attached hydrogen (secondary N) is 3. The van der Waals surface area contributed by atoms with Crippen molar-refractivity contribution in [3.8, 4) is 11.1 Å². The predicted octanol–water partition coefficient (Wildman–Crippen LogP) is 3.56. The molecule has 0 unspecified atom stereocenters. The fourth-order valence-corrected chi connectivity index (χ4v) is 4.53. The third-order valence-electron chi connectivity index (χ3n) is 6.59. The van der Waals surface area contributed by atoms with Gasteiger partial charge in [0.1, 0.15) is 0 Å². The van der Waals surface area contributed by atoms with Gasteiger partial charge >= 0.3 is 0 Å². The molecule has 4 rings (SSSR count). The fourth-order valence-electron chi connectivity index (χ4n) is 4.53. The number of aromatic amines is 1. The van der Waals surface area contributed by atoms with E-state index in [9.17, 15) is 9.59 Å². The van der Waals surface area contributed by atoms with Gasteiger partial charge in [0.05, 0.1) is 18.9 Å². The molecule has 1 fully saturated rings. The van der Waals surface area contributed by atoms with Crippen LogP contribution in [-0.4, -0.2) is 53.6 Å². The van der Waals surface area contributed by atoms with Gasteiger partial charge in [-0.1, -0.05) is 6.07 Å². The van der Waals surface area contributed by atoms with Gasteiger partial charge in [-0.3, -0.25) is 19.5 Å². The van der Waals surface area contributed by atoms with E-state index >= 15 is 0 Å². The van der Waals surface area contributed by atoms with Crippen LogP contribution in [0.1, 0.15) is 45.4 Å². The number of morpholine rings is 1. The van der Waals surface area contributed by atoms with Gasteiger partial charge in [0.25, 0.3) is 11.5 Å². The lowest BCUT2D eigenvalue weighted by Crippen LogP contribution is -2.35. The largest absolute Gasteiger partial charge is 0.385 e. The minimum absolute atomic E-state index is 0.165. The second-order valence-corrected chi connectivity index (χ2v) is 9.28. The van der Waals surface area contributed by atoms with Gasteiger partial charge in [-0.25, -0.2) is 0 Å². The van der Waals surface area contributed by atoms with Crippen molar-refractivity contribution in [2.75, 3.05) is 38.2 Å². The topological polar surface area (TPSA) is 99.3 Å². The lowest BCUT2D eigenvalue weighted by Gasteiger charge is -2.26. The second-order valence-electron chi connectivity index (χ2n) is 9.28. The first-order chi connectivity index (χ1) is 17.4. The number of rotatable bonds is 8. The Hall–Kier alpha value is -3.49. The maximum atomic E-state index is 13.3. The molecule has 3 N–H and O–H groups in total. The van der Waals surface area contributed by atoms with Gasteiger partial charge < -0.3 is 20.4 Å². The molecule has 0 spiro atoms. The first-order valence-corrected chi connectivity index (χ1v) is 12.5. The van der Waals surface area contributed by atoms with E-state index in [1.54, 1.807) is 0 Å². The third kappa shape index (κ3) is 6.01. The van der Waals surface area contributed by atoms with Crippen LogP contribution in [0.25, 0.3) is 11.1 Å². The van der Waals surface area contributed by atoms with Crippen LogP contribution in [0.5, 0.6) is 0 Å². The summed E-state index contributed by atoms with van der Waals surface area (Å²) in [7, 11) is 0. The number of benzene rings is 1. The number of amides is 1. The van der Waals surface area contributed by atoms with E-state index in [0.29, 0.717) is 11.1 Å². The highest BCUT2D eigenvalue weighted by Crippen LogP contribution is 2.29. The van der Waals surface area contributed by atoms with Crippen LogP contribution in [0.15, 0.2) is 41.3 Å². The van der Waals surface area contributed by atoms with E-state index in [2.05, 4.69) is 37.6 Å². The minimum Gasteiger partial charge on any atom is -0.385 e. The Morgan fingerprint density at radius 2 is 1.89 bits per heavy atom. The summed E-state index contributed by atoms with van der Waals surface area (Å²) in [5.74, 6) is -0.218. The van der Waals surface area contributed by atoms with Crippen LogP contribution in [0.3, 0.4) is 0 Å². The number of aromatic nitrogens is 2. The van der Waals surface area contributed by atoms with E-state index in [4.69, 9.17) is 4.74 Å². The highest BCUT2D eigenvalue weighted by atomic mass is 16.5. The summed E-state index contributed by atoms with van der Waals surface area (Å²) in [5.41, 5.74) is 7.26. The number of nitrogens with zero attached hydrogens (tertiary/aromatic N) is 2. The zero-order chi connectivity index (χ0) is 25.7. The molecule has 0 bridgehead atoms. The van der Waals surface area contributed by atoms with E-state index in [0.717, 1.165) is 78.7 Å². The van der Waals surface area contributed by atoms with Crippen LogP contribution < -0.4 is 16.2 Å². The first kappa shape index (κ1) is 25.6.